The van der Waals surface area contributed by atoms with Crippen LogP contribution in [-0.4, -0.2) is 76.7 Å². The first-order chi connectivity index (χ1) is 21.9. The predicted molar refractivity (Wildman–Crippen MR) is 166 cm³/mol. The van der Waals surface area contributed by atoms with Gasteiger partial charge < -0.3 is 19.8 Å². The molecule has 242 valence electrons. The maximum Gasteiger partial charge on any atom is 0.416 e. The number of benzene rings is 2. The van der Waals surface area contributed by atoms with Gasteiger partial charge in [-0.2, -0.15) is 13.2 Å². The van der Waals surface area contributed by atoms with Gasteiger partial charge in [-0.25, -0.2) is 0 Å². The molecular formula is C35H38F3N5O3. The molecule has 0 radical (unpaired) electrons. The minimum absolute atomic E-state index is 0.0676. The minimum Gasteiger partial charge on any atom is -0.508 e. The van der Waals surface area contributed by atoms with E-state index in [0.717, 1.165) is 36.4 Å². The van der Waals surface area contributed by atoms with Crippen LogP contribution >= 0.6 is 0 Å². The molecular weight excluding hydrogens is 595 g/mol. The molecule has 1 aromatic heterocycles. The van der Waals surface area contributed by atoms with E-state index in [2.05, 4.69) is 10.2 Å². The van der Waals surface area contributed by atoms with Crippen molar-refractivity contribution in [3.05, 3.63) is 71.4 Å². The highest BCUT2D eigenvalue weighted by Gasteiger charge is 2.51. The van der Waals surface area contributed by atoms with Crippen LogP contribution in [0.5, 0.6) is 5.75 Å². The molecule has 1 saturated heterocycles. The van der Waals surface area contributed by atoms with E-state index in [-0.39, 0.29) is 41.3 Å². The number of hydrogen-bond donors (Lipinski definition) is 1. The fourth-order valence-electron chi connectivity index (χ4n) is 8.95. The molecule has 2 heterocycles. The monoisotopic (exact) mass is 633 g/mol. The van der Waals surface area contributed by atoms with Gasteiger partial charge in [-0.15, -0.1) is 10.2 Å². The Bertz CT molecular complexity index is 1600. The van der Waals surface area contributed by atoms with Crippen molar-refractivity contribution in [3.8, 4) is 16.9 Å². The number of aromatic nitrogens is 2. The van der Waals surface area contributed by atoms with Crippen molar-refractivity contribution in [2.45, 2.75) is 44.7 Å². The normalized spacial score (nSPS) is 25.5. The molecule has 1 aliphatic heterocycles. The van der Waals surface area contributed by atoms with Crippen molar-refractivity contribution in [3.63, 3.8) is 0 Å². The number of halogens is 3. The van der Waals surface area contributed by atoms with Crippen LogP contribution in [0.1, 0.15) is 64.9 Å². The maximum absolute atomic E-state index is 13.8. The van der Waals surface area contributed by atoms with Gasteiger partial charge in [0.05, 0.1) is 5.56 Å². The number of hydrogen-bond acceptors (Lipinski definition) is 6. The summed E-state index contributed by atoms with van der Waals surface area (Å²) >= 11 is 0. The van der Waals surface area contributed by atoms with E-state index in [1.165, 1.54) is 61.6 Å². The quantitative estimate of drug-likeness (QED) is 0.352. The fourth-order valence-corrected chi connectivity index (χ4v) is 8.95. The molecule has 0 spiro atoms. The van der Waals surface area contributed by atoms with E-state index >= 15 is 0 Å². The van der Waals surface area contributed by atoms with Gasteiger partial charge in [-0.1, -0.05) is 12.1 Å². The maximum atomic E-state index is 13.8. The summed E-state index contributed by atoms with van der Waals surface area (Å²) in [6.07, 6.45) is 3.11. The van der Waals surface area contributed by atoms with Gasteiger partial charge >= 0.3 is 6.18 Å². The van der Waals surface area contributed by atoms with Crippen LogP contribution in [0.4, 0.5) is 19.0 Å². The second kappa shape index (κ2) is 11.6. The Morgan fingerprint density at radius 3 is 2.15 bits per heavy atom. The molecule has 46 heavy (non-hydrogen) atoms. The lowest BCUT2D eigenvalue weighted by Gasteiger charge is -2.57. The number of carbonyl (C=O) groups is 2. The van der Waals surface area contributed by atoms with Gasteiger partial charge in [0.15, 0.2) is 11.5 Å². The largest absolute Gasteiger partial charge is 0.508 e. The second-order valence-corrected chi connectivity index (χ2v) is 14.0. The summed E-state index contributed by atoms with van der Waals surface area (Å²) in [5.41, 5.74) is 0.122. The topological polar surface area (TPSA) is 89.9 Å². The predicted octanol–water partition coefficient (Wildman–Crippen LogP) is 6.12. The first kappa shape index (κ1) is 30.5. The lowest BCUT2D eigenvalue weighted by Crippen LogP contribution is -2.51. The van der Waals surface area contributed by atoms with E-state index in [0.29, 0.717) is 30.2 Å². The first-order valence-corrected chi connectivity index (χ1v) is 16.1. The summed E-state index contributed by atoms with van der Waals surface area (Å²) < 4.78 is 41.3. The molecule has 4 bridgehead atoms. The van der Waals surface area contributed by atoms with Gasteiger partial charge in [0.1, 0.15) is 5.75 Å². The number of carbonyl (C=O) groups excluding carboxylic acids is 2. The molecule has 2 amide bonds. The average Bonchev–Trinajstić information content (AvgIpc) is 3.03. The first-order valence-electron chi connectivity index (χ1n) is 16.1. The van der Waals surface area contributed by atoms with Gasteiger partial charge in [0.2, 0.25) is 0 Å². The Morgan fingerprint density at radius 1 is 0.891 bits per heavy atom. The number of phenolic OH excluding ortho intramolecular Hbond substituents is 1. The van der Waals surface area contributed by atoms with E-state index in [9.17, 15) is 27.9 Å². The molecule has 1 N–H and O–H groups in total. The van der Waals surface area contributed by atoms with E-state index < -0.39 is 17.6 Å². The molecule has 5 aliphatic rings. The van der Waals surface area contributed by atoms with Crippen LogP contribution in [0, 0.1) is 23.2 Å². The highest BCUT2D eigenvalue weighted by atomic mass is 19.4. The van der Waals surface area contributed by atoms with Crippen LogP contribution < -0.4 is 4.90 Å². The zero-order valence-corrected chi connectivity index (χ0v) is 25.8. The molecule has 4 saturated carbocycles. The fraction of sp³-hybridized carbons (Fsp3) is 0.486. The standard InChI is InChI=1S/C35H38F3N5O3/c1-41(21-34-18-22-11-23(19-34)13-24(12-22)20-34)33(46)30-5-6-31(40-39-30)42-7-9-43(10-8-42)32(45)27-14-26(15-28(16-27)35(36,37)38)25-3-2-4-29(44)17-25/h2-6,14-17,22-24,44H,7-13,18-21H2,1H3. The molecule has 5 fully saturated rings. The molecule has 8 nitrogen and oxygen atoms in total. The van der Waals surface area contributed by atoms with Crippen molar-refractivity contribution < 1.29 is 27.9 Å². The number of rotatable bonds is 6. The van der Waals surface area contributed by atoms with Gasteiger partial charge in [0.25, 0.3) is 11.8 Å². The number of alkyl halides is 3. The van der Waals surface area contributed by atoms with Crippen molar-refractivity contribution in [2.24, 2.45) is 23.2 Å². The summed E-state index contributed by atoms with van der Waals surface area (Å²) in [4.78, 5) is 32.0. The zero-order valence-electron chi connectivity index (χ0n) is 25.8. The molecule has 8 rings (SSSR count). The van der Waals surface area contributed by atoms with Crippen LogP contribution in [0.15, 0.2) is 54.6 Å². The lowest BCUT2D eigenvalue weighted by atomic mass is 9.49. The van der Waals surface area contributed by atoms with Crippen molar-refractivity contribution in [1.29, 1.82) is 0 Å². The number of amides is 2. The van der Waals surface area contributed by atoms with Gasteiger partial charge in [-0.3, -0.25) is 9.59 Å². The summed E-state index contributed by atoms with van der Waals surface area (Å²) in [6.45, 7) is 2.16. The van der Waals surface area contributed by atoms with Crippen LogP contribution in [0.3, 0.4) is 0 Å². The molecule has 2 aromatic carbocycles. The van der Waals surface area contributed by atoms with E-state index in [1.54, 1.807) is 24.3 Å². The molecule has 4 aliphatic carbocycles. The number of anilines is 1. The smallest absolute Gasteiger partial charge is 0.416 e. The van der Waals surface area contributed by atoms with Crippen LogP contribution in [0.25, 0.3) is 11.1 Å². The Balaban J connectivity index is 0.986. The molecule has 3 aromatic rings. The Labute approximate surface area is 266 Å². The zero-order chi connectivity index (χ0) is 32.2. The van der Waals surface area contributed by atoms with Crippen LogP contribution in [-0.2, 0) is 6.18 Å². The van der Waals surface area contributed by atoms with Gasteiger partial charge in [0, 0.05) is 45.3 Å². The summed E-state index contributed by atoms with van der Waals surface area (Å²) in [5, 5.41) is 18.4. The number of nitrogens with zero attached hydrogens (tertiary/aromatic N) is 5. The Kier molecular flexibility index (Phi) is 7.68. The highest BCUT2D eigenvalue weighted by Crippen LogP contribution is 2.60. The number of piperazine rings is 1. The average molecular weight is 634 g/mol. The Hall–Kier alpha value is -4.15. The third-order valence-corrected chi connectivity index (χ3v) is 10.5. The molecule has 0 atom stereocenters. The Morgan fingerprint density at radius 2 is 1.57 bits per heavy atom. The summed E-state index contributed by atoms with van der Waals surface area (Å²) in [5.74, 6) is 2.32. The minimum atomic E-state index is -4.64. The third-order valence-electron chi connectivity index (χ3n) is 10.5. The number of aromatic hydroxyl groups is 1. The SMILES string of the molecule is CN(CC12CC3CC(CC(C3)C1)C2)C(=O)c1ccc(N2CCN(C(=O)c3cc(-c4cccc(O)c4)cc(C(F)(F)F)c3)CC2)nn1. The van der Waals surface area contributed by atoms with Gasteiger partial charge in [-0.05, 0) is 115 Å². The third kappa shape index (κ3) is 6.03. The lowest BCUT2D eigenvalue weighted by molar-refractivity contribution is -0.137. The second-order valence-electron chi connectivity index (χ2n) is 14.0. The van der Waals surface area contributed by atoms with E-state index in [4.69, 9.17) is 0 Å². The number of phenols is 1. The molecule has 11 heteroatoms. The molecule has 0 unspecified atom stereocenters. The van der Waals surface area contributed by atoms with Crippen molar-refractivity contribution in [1.82, 2.24) is 20.0 Å². The summed E-state index contributed by atoms with van der Waals surface area (Å²) in [7, 11) is 1.86. The summed E-state index contributed by atoms with van der Waals surface area (Å²) in [6, 6.07) is 12.7. The highest BCUT2D eigenvalue weighted by molar-refractivity contribution is 5.96. The van der Waals surface area contributed by atoms with Crippen molar-refractivity contribution in [2.75, 3.05) is 44.7 Å². The van der Waals surface area contributed by atoms with Crippen molar-refractivity contribution >= 4 is 17.6 Å². The van der Waals surface area contributed by atoms with E-state index in [1.807, 2.05) is 16.8 Å². The van der Waals surface area contributed by atoms with Crippen LogP contribution in [0.2, 0.25) is 0 Å².